The van der Waals surface area contributed by atoms with E-state index in [0.29, 0.717) is 6.42 Å². The first kappa shape index (κ1) is 13.6. The minimum atomic E-state index is -0.959. The number of aliphatic hydroxyl groups is 1. The average Bonchev–Trinajstić information content (AvgIpc) is 2.20. The van der Waals surface area contributed by atoms with E-state index in [9.17, 15) is 4.79 Å². The number of aliphatic carboxylic acids is 1. The Bertz CT molecular complexity index is 274. The number of nitrogens with two attached hydrogens (primary N) is 1. The van der Waals surface area contributed by atoms with Gasteiger partial charge in [0.1, 0.15) is 6.04 Å². The number of hydrogen-bond donors (Lipinski definition) is 3. The van der Waals surface area contributed by atoms with Crippen LogP contribution in [0.2, 0.25) is 0 Å². The Labute approximate surface area is 89.4 Å². The highest BCUT2D eigenvalue weighted by molar-refractivity contribution is 5.73. The van der Waals surface area contributed by atoms with E-state index in [2.05, 4.69) is 0 Å². The molecule has 0 radical (unpaired) electrons. The van der Waals surface area contributed by atoms with Crippen molar-refractivity contribution in [2.45, 2.75) is 19.4 Å². The van der Waals surface area contributed by atoms with Crippen molar-refractivity contribution in [1.29, 1.82) is 0 Å². The van der Waals surface area contributed by atoms with Crippen LogP contribution in [-0.4, -0.2) is 28.8 Å². The van der Waals surface area contributed by atoms with Crippen LogP contribution in [0.25, 0.3) is 0 Å². The van der Waals surface area contributed by atoms with Gasteiger partial charge in [0, 0.05) is 6.61 Å². The van der Waals surface area contributed by atoms with Crippen LogP contribution >= 0.6 is 0 Å². The quantitative estimate of drug-likeness (QED) is 0.685. The lowest BCUT2D eigenvalue weighted by atomic mass is 10.1. The SMILES string of the molecule is CCO.NC(Cc1ccccc1)C(=O)O. The molecule has 0 aromatic heterocycles. The standard InChI is InChI=1S/C9H11NO2.C2H6O/c10-8(9(11)12)6-7-4-2-1-3-5-7;1-2-3/h1-5,8H,6,10H2,(H,11,12);3H,2H2,1H3. The van der Waals surface area contributed by atoms with Gasteiger partial charge in [-0.1, -0.05) is 30.3 Å². The Morgan fingerprint density at radius 3 is 2.27 bits per heavy atom. The van der Waals surface area contributed by atoms with Crippen LogP contribution in [0.15, 0.2) is 30.3 Å². The second-order valence-corrected chi connectivity index (χ2v) is 2.95. The van der Waals surface area contributed by atoms with Gasteiger partial charge in [0.05, 0.1) is 0 Å². The summed E-state index contributed by atoms with van der Waals surface area (Å²) in [5.41, 5.74) is 6.30. The van der Waals surface area contributed by atoms with E-state index in [1.807, 2.05) is 30.3 Å². The summed E-state index contributed by atoms with van der Waals surface area (Å²) >= 11 is 0. The van der Waals surface area contributed by atoms with Gasteiger partial charge in [-0.3, -0.25) is 4.79 Å². The summed E-state index contributed by atoms with van der Waals surface area (Å²) in [5.74, 6) is -0.959. The fourth-order valence-electron chi connectivity index (χ4n) is 0.955. The van der Waals surface area contributed by atoms with E-state index >= 15 is 0 Å². The first-order chi connectivity index (χ1) is 7.11. The lowest BCUT2D eigenvalue weighted by molar-refractivity contribution is -0.138. The molecular formula is C11H17NO3. The van der Waals surface area contributed by atoms with Gasteiger partial charge in [-0.05, 0) is 18.9 Å². The molecule has 4 N–H and O–H groups in total. The van der Waals surface area contributed by atoms with Crippen LogP contribution < -0.4 is 5.73 Å². The molecule has 1 aromatic rings. The topological polar surface area (TPSA) is 83.5 Å². The molecule has 15 heavy (non-hydrogen) atoms. The number of rotatable bonds is 3. The zero-order valence-electron chi connectivity index (χ0n) is 8.76. The maximum absolute atomic E-state index is 10.4. The van der Waals surface area contributed by atoms with Gasteiger partial charge in [-0.2, -0.15) is 0 Å². The number of benzene rings is 1. The lowest BCUT2D eigenvalue weighted by Gasteiger charge is -2.04. The van der Waals surface area contributed by atoms with Crippen molar-refractivity contribution in [2.24, 2.45) is 5.73 Å². The molecule has 0 heterocycles. The fourth-order valence-corrected chi connectivity index (χ4v) is 0.955. The fraction of sp³-hybridized carbons (Fsp3) is 0.364. The third-order valence-corrected chi connectivity index (χ3v) is 1.62. The van der Waals surface area contributed by atoms with Crippen LogP contribution in [0.4, 0.5) is 0 Å². The van der Waals surface area contributed by atoms with Crippen molar-refractivity contribution in [3.8, 4) is 0 Å². The summed E-state index contributed by atoms with van der Waals surface area (Å²) in [4.78, 5) is 10.4. The number of aliphatic hydroxyl groups excluding tert-OH is 1. The van der Waals surface area contributed by atoms with Gasteiger partial charge in [-0.15, -0.1) is 0 Å². The summed E-state index contributed by atoms with van der Waals surface area (Å²) in [6.07, 6.45) is 0.385. The second-order valence-electron chi connectivity index (χ2n) is 2.95. The Morgan fingerprint density at radius 2 is 1.87 bits per heavy atom. The maximum Gasteiger partial charge on any atom is 0.320 e. The first-order valence-corrected chi connectivity index (χ1v) is 4.75. The Kier molecular flexibility index (Phi) is 7.23. The van der Waals surface area contributed by atoms with Gasteiger partial charge < -0.3 is 15.9 Å². The molecule has 0 aliphatic heterocycles. The van der Waals surface area contributed by atoms with Crippen LogP contribution in [0.3, 0.4) is 0 Å². The van der Waals surface area contributed by atoms with Gasteiger partial charge in [-0.25, -0.2) is 0 Å². The predicted molar refractivity (Wildman–Crippen MR) is 58.5 cm³/mol. The minimum absolute atomic E-state index is 0.250. The zero-order chi connectivity index (χ0) is 11.7. The second kappa shape index (κ2) is 7.96. The minimum Gasteiger partial charge on any atom is -0.480 e. The molecule has 1 atom stereocenters. The van der Waals surface area contributed by atoms with Crippen molar-refractivity contribution >= 4 is 5.97 Å². The van der Waals surface area contributed by atoms with E-state index in [1.165, 1.54) is 0 Å². The first-order valence-electron chi connectivity index (χ1n) is 4.75. The molecule has 1 rings (SSSR count). The van der Waals surface area contributed by atoms with Crippen molar-refractivity contribution in [3.05, 3.63) is 35.9 Å². The molecular weight excluding hydrogens is 194 g/mol. The van der Waals surface area contributed by atoms with Gasteiger partial charge in [0.15, 0.2) is 0 Å². The van der Waals surface area contributed by atoms with Crippen molar-refractivity contribution < 1.29 is 15.0 Å². The number of hydrogen-bond acceptors (Lipinski definition) is 3. The summed E-state index contributed by atoms with van der Waals surface area (Å²) in [6.45, 7) is 1.93. The summed E-state index contributed by atoms with van der Waals surface area (Å²) in [5, 5.41) is 16.1. The Hall–Kier alpha value is -1.39. The smallest absolute Gasteiger partial charge is 0.320 e. The van der Waals surface area contributed by atoms with Crippen LogP contribution in [-0.2, 0) is 11.2 Å². The van der Waals surface area contributed by atoms with E-state index < -0.39 is 12.0 Å². The molecule has 0 spiro atoms. The van der Waals surface area contributed by atoms with E-state index in [0.717, 1.165) is 5.56 Å². The molecule has 0 amide bonds. The van der Waals surface area contributed by atoms with Crippen molar-refractivity contribution in [1.82, 2.24) is 0 Å². The van der Waals surface area contributed by atoms with E-state index in [-0.39, 0.29) is 6.61 Å². The highest BCUT2D eigenvalue weighted by Gasteiger charge is 2.10. The Morgan fingerprint density at radius 1 is 1.40 bits per heavy atom. The lowest BCUT2D eigenvalue weighted by Crippen LogP contribution is -2.32. The van der Waals surface area contributed by atoms with E-state index in [1.54, 1.807) is 6.92 Å². The van der Waals surface area contributed by atoms with E-state index in [4.69, 9.17) is 15.9 Å². The largest absolute Gasteiger partial charge is 0.480 e. The predicted octanol–water partition coefficient (Wildman–Crippen LogP) is 0.640. The zero-order valence-corrected chi connectivity index (χ0v) is 8.76. The van der Waals surface area contributed by atoms with Crippen LogP contribution in [0.5, 0.6) is 0 Å². The molecule has 1 aromatic carbocycles. The third-order valence-electron chi connectivity index (χ3n) is 1.62. The van der Waals surface area contributed by atoms with Gasteiger partial charge in [0.25, 0.3) is 0 Å². The van der Waals surface area contributed by atoms with Crippen LogP contribution in [0, 0.1) is 0 Å². The number of carbonyl (C=O) groups is 1. The molecule has 4 nitrogen and oxygen atoms in total. The molecule has 0 saturated heterocycles. The maximum atomic E-state index is 10.4. The van der Waals surface area contributed by atoms with Crippen LogP contribution in [0.1, 0.15) is 12.5 Å². The van der Waals surface area contributed by atoms with Gasteiger partial charge in [0.2, 0.25) is 0 Å². The molecule has 0 saturated carbocycles. The molecule has 1 unspecified atom stereocenters. The summed E-state index contributed by atoms with van der Waals surface area (Å²) < 4.78 is 0. The highest BCUT2D eigenvalue weighted by atomic mass is 16.4. The van der Waals surface area contributed by atoms with Crippen molar-refractivity contribution in [2.75, 3.05) is 6.61 Å². The van der Waals surface area contributed by atoms with Crippen molar-refractivity contribution in [3.63, 3.8) is 0 Å². The molecule has 0 fully saturated rings. The molecule has 0 aliphatic carbocycles. The normalized spacial score (nSPS) is 11.1. The molecule has 4 heteroatoms. The molecule has 0 bridgehead atoms. The number of carboxylic acid groups (broad SMARTS) is 1. The summed E-state index contributed by atoms with van der Waals surface area (Å²) in [7, 11) is 0. The summed E-state index contributed by atoms with van der Waals surface area (Å²) in [6, 6.07) is 8.54. The third kappa shape index (κ3) is 6.65. The monoisotopic (exact) mass is 211 g/mol. The average molecular weight is 211 g/mol. The molecule has 0 aliphatic rings. The van der Waals surface area contributed by atoms with Gasteiger partial charge >= 0.3 is 5.97 Å². The number of carboxylic acids is 1. The Balaban J connectivity index is 0.000000583. The highest BCUT2D eigenvalue weighted by Crippen LogP contribution is 2.01. The molecule has 84 valence electrons.